The molecule has 0 unspecified atom stereocenters. The molecule has 1 heterocycles. The summed E-state index contributed by atoms with van der Waals surface area (Å²) in [6.07, 6.45) is 2.53. The van der Waals surface area contributed by atoms with Crippen molar-refractivity contribution in [3.63, 3.8) is 0 Å². The van der Waals surface area contributed by atoms with E-state index in [2.05, 4.69) is 63.4 Å². The third-order valence-corrected chi connectivity index (χ3v) is 5.57. The van der Waals surface area contributed by atoms with Gasteiger partial charge in [-0.2, -0.15) is 10.2 Å². The zero-order chi connectivity index (χ0) is 21.8. The minimum absolute atomic E-state index is 0.0307. The molecular formula is C18H12Br3N5O4. The Morgan fingerprint density at radius 3 is 2.47 bits per heavy atom. The summed E-state index contributed by atoms with van der Waals surface area (Å²) in [5.41, 5.74) is 2.90. The Bertz CT molecular complexity index is 1120. The summed E-state index contributed by atoms with van der Waals surface area (Å²) in [4.78, 5) is 23.1. The van der Waals surface area contributed by atoms with Gasteiger partial charge in [0.15, 0.2) is 0 Å². The molecule has 1 aromatic heterocycles. The molecule has 0 saturated heterocycles. The lowest BCUT2D eigenvalue weighted by Gasteiger charge is -2.02. The SMILES string of the molecule is O=C(N/N=C\c1cc(Br)c(O)c(Br)c1)c1nn(Cc2ccc(Br)cc2)cc1[N+](=O)[O-]. The second kappa shape index (κ2) is 9.49. The zero-order valence-corrected chi connectivity index (χ0v) is 19.7. The van der Waals surface area contributed by atoms with Crippen LogP contribution < -0.4 is 5.43 Å². The summed E-state index contributed by atoms with van der Waals surface area (Å²) in [6.45, 7) is 0.264. The van der Waals surface area contributed by atoms with Gasteiger partial charge < -0.3 is 5.11 Å². The van der Waals surface area contributed by atoms with Crippen molar-refractivity contribution in [2.24, 2.45) is 5.10 Å². The quantitative estimate of drug-likeness (QED) is 0.243. The number of rotatable bonds is 6. The van der Waals surface area contributed by atoms with Gasteiger partial charge in [0.2, 0.25) is 5.69 Å². The molecule has 9 nitrogen and oxygen atoms in total. The minimum atomic E-state index is -0.815. The van der Waals surface area contributed by atoms with E-state index in [4.69, 9.17) is 0 Å². The number of hydrogen-bond acceptors (Lipinski definition) is 6. The number of phenolic OH excluding ortho intramolecular Hbond substituents is 1. The van der Waals surface area contributed by atoms with E-state index in [1.807, 2.05) is 24.3 Å². The molecule has 3 rings (SSSR count). The Balaban J connectivity index is 1.77. The number of nitro groups is 1. The highest BCUT2D eigenvalue weighted by Crippen LogP contribution is 2.32. The van der Waals surface area contributed by atoms with Gasteiger partial charge in [0.25, 0.3) is 5.91 Å². The predicted octanol–water partition coefficient (Wildman–Crippen LogP) is 4.60. The molecule has 0 aliphatic rings. The van der Waals surface area contributed by atoms with E-state index in [1.54, 1.807) is 12.1 Å². The fourth-order valence-corrected chi connectivity index (χ4v) is 3.93. The average molecular weight is 602 g/mol. The first kappa shape index (κ1) is 22.1. The van der Waals surface area contributed by atoms with Crippen LogP contribution in [0, 0.1) is 10.1 Å². The Morgan fingerprint density at radius 1 is 1.23 bits per heavy atom. The Morgan fingerprint density at radius 2 is 1.87 bits per heavy atom. The lowest BCUT2D eigenvalue weighted by atomic mass is 10.2. The smallest absolute Gasteiger partial charge is 0.320 e. The topological polar surface area (TPSA) is 123 Å². The summed E-state index contributed by atoms with van der Waals surface area (Å²) in [7, 11) is 0. The van der Waals surface area contributed by atoms with E-state index < -0.39 is 16.5 Å². The molecule has 154 valence electrons. The van der Waals surface area contributed by atoms with Crippen LogP contribution in [-0.2, 0) is 6.54 Å². The normalized spacial score (nSPS) is 11.0. The van der Waals surface area contributed by atoms with E-state index in [-0.39, 0.29) is 18.0 Å². The fraction of sp³-hybridized carbons (Fsp3) is 0.0556. The van der Waals surface area contributed by atoms with Crippen molar-refractivity contribution in [3.8, 4) is 5.75 Å². The Labute approximate surface area is 195 Å². The van der Waals surface area contributed by atoms with Crippen molar-refractivity contribution in [1.29, 1.82) is 0 Å². The third-order valence-electron chi connectivity index (χ3n) is 3.83. The highest BCUT2D eigenvalue weighted by atomic mass is 79.9. The zero-order valence-electron chi connectivity index (χ0n) is 14.9. The first-order chi connectivity index (χ1) is 14.2. The van der Waals surface area contributed by atoms with E-state index in [9.17, 15) is 20.0 Å². The molecule has 0 radical (unpaired) electrons. The van der Waals surface area contributed by atoms with Gasteiger partial charge in [-0.3, -0.25) is 19.6 Å². The summed E-state index contributed by atoms with van der Waals surface area (Å²) in [5.74, 6) is -0.785. The van der Waals surface area contributed by atoms with E-state index in [1.165, 1.54) is 17.1 Å². The molecule has 2 aromatic carbocycles. The van der Waals surface area contributed by atoms with Crippen LogP contribution in [0.3, 0.4) is 0 Å². The van der Waals surface area contributed by atoms with Crippen LogP contribution in [0.5, 0.6) is 5.75 Å². The van der Waals surface area contributed by atoms with Gasteiger partial charge in [0.1, 0.15) is 11.9 Å². The number of benzene rings is 2. The maximum absolute atomic E-state index is 12.4. The van der Waals surface area contributed by atoms with Crippen LogP contribution in [0.1, 0.15) is 21.6 Å². The highest BCUT2D eigenvalue weighted by molar-refractivity contribution is 9.11. The van der Waals surface area contributed by atoms with Crippen LogP contribution in [0.25, 0.3) is 0 Å². The summed E-state index contributed by atoms with van der Waals surface area (Å²) < 4.78 is 3.11. The molecule has 0 aliphatic carbocycles. The number of nitrogens with zero attached hydrogens (tertiary/aromatic N) is 4. The third kappa shape index (κ3) is 5.32. The molecule has 0 saturated carbocycles. The lowest BCUT2D eigenvalue weighted by molar-refractivity contribution is -0.385. The maximum Gasteiger partial charge on any atom is 0.320 e. The predicted molar refractivity (Wildman–Crippen MR) is 121 cm³/mol. The molecule has 2 N–H and O–H groups in total. The second-order valence-corrected chi connectivity index (χ2v) is 8.60. The van der Waals surface area contributed by atoms with Crippen LogP contribution in [0.2, 0.25) is 0 Å². The average Bonchev–Trinajstić information content (AvgIpc) is 3.12. The minimum Gasteiger partial charge on any atom is -0.506 e. The molecule has 12 heteroatoms. The first-order valence-electron chi connectivity index (χ1n) is 8.22. The maximum atomic E-state index is 12.4. The molecule has 3 aromatic rings. The molecule has 1 amide bonds. The van der Waals surface area contributed by atoms with Crippen LogP contribution in [0.4, 0.5) is 5.69 Å². The molecule has 30 heavy (non-hydrogen) atoms. The van der Waals surface area contributed by atoms with Crippen molar-refractivity contribution in [1.82, 2.24) is 15.2 Å². The standard InChI is InChI=1S/C18H12Br3N5O4/c19-12-3-1-10(2-4-12)8-25-9-15(26(29)30)16(24-25)18(28)23-22-7-11-5-13(20)17(27)14(21)6-11/h1-7,9,27H,8H2,(H,23,28)/b22-7-. The molecule has 0 atom stereocenters. The van der Waals surface area contributed by atoms with E-state index in [0.717, 1.165) is 10.0 Å². The van der Waals surface area contributed by atoms with Gasteiger partial charge in [-0.1, -0.05) is 28.1 Å². The number of halogens is 3. The van der Waals surface area contributed by atoms with Crippen molar-refractivity contribution in [3.05, 3.63) is 82.9 Å². The summed E-state index contributed by atoms with van der Waals surface area (Å²) in [5, 5.41) is 28.9. The van der Waals surface area contributed by atoms with Gasteiger partial charge in [-0.15, -0.1) is 0 Å². The fourth-order valence-electron chi connectivity index (χ4n) is 2.44. The largest absolute Gasteiger partial charge is 0.506 e. The van der Waals surface area contributed by atoms with Gasteiger partial charge in [0.05, 0.1) is 26.6 Å². The molecule has 0 aliphatic heterocycles. The van der Waals surface area contributed by atoms with Crippen LogP contribution >= 0.6 is 47.8 Å². The number of hydrazone groups is 1. The second-order valence-electron chi connectivity index (χ2n) is 5.98. The summed E-state index contributed by atoms with van der Waals surface area (Å²) in [6, 6.07) is 10.5. The highest BCUT2D eigenvalue weighted by Gasteiger charge is 2.25. The van der Waals surface area contributed by atoms with Gasteiger partial charge >= 0.3 is 5.69 Å². The molecule has 0 spiro atoms. The summed E-state index contributed by atoms with van der Waals surface area (Å²) >= 11 is 9.73. The van der Waals surface area contributed by atoms with Crippen molar-refractivity contribution in [2.75, 3.05) is 0 Å². The number of aromatic nitrogens is 2. The van der Waals surface area contributed by atoms with Crippen molar-refractivity contribution >= 4 is 65.6 Å². The number of hydrogen-bond donors (Lipinski definition) is 2. The monoisotopic (exact) mass is 599 g/mol. The van der Waals surface area contributed by atoms with Gasteiger partial charge in [-0.25, -0.2) is 5.43 Å². The number of nitrogens with one attached hydrogen (secondary N) is 1. The Hall–Kier alpha value is -2.57. The number of aromatic hydroxyl groups is 1. The Kier molecular flexibility index (Phi) is 7.00. The molecule has 0 fully saturated rings. The first-order valence-corrected chi connectivity index (χ1v) is 10.6. The number of phenols is 1. The van der Waals surface area contributed by atoms with E-state index >= 15 is 0 Å². The van der Waals surface area contributed by atoms with Crippen molar-refractivity contribution in [2.45, 2.75) is 6.54 Å². The number of amides is 1. The van der Waals surface area contributed by atoms with Crippen molar-refractivity contribution < 1.29 is 14.8 Å². The number of carbonyl (C=O) groups is 1. The van der Waals surface area contributed by atoms with E-state index in [0.29, 0.717) is 14.5 Å². The van der Waals surface area contributed by atoms with Gasteiger partial charge in [0, 0.05) is 4.47 Å². The lowest BCUT2D eigenvalue weighted by Crippen LogP contribution is -2.19. The number of carbonyl (C=O) groups excluding carboxylic acids is 1. The van der Waals surface area contributed by atoms with Gasteiger partial charge in [-0.05, 0) is 67.3 Å². The molecule has 0 bridgehead atoms. The molecular weight excluding hydrogens is 590 g/mol. The van der Waals surface area contributed by atoms with Crippen LogP contribution in [0.15, 0.2) is 61.1 Å². The van der Waals surface area contributed by atoms with Crippen LogP contribution in [-0.4, -0.2) is 31.9 Å².